The van der Waals surface area contributed by atoms with E-state index in [2.05, 4.69) is 5.32 Å². The Morgan fingerprint density at radius 1 is 1.38 bits per heavy atom. The van der Waals surface area contributed by atoms with Crippen LogP contribution in [0, 0.1) is 5.92 Å². The van der Waals surface area contributed by atoms with Crippen LogP contribution in [0.4, 0.5) is 0 Å². The molecule has 1 aromatic carbocycles. The van der Waals surface area contributed by atoms with Crippen molar-refractivity contribution >= 4 is 11.9 Å². The Kier molecular flexibility index (Phi) is 4.96. The van der Waals surface area contributed by atoms with Gasteiger partial charge in [0, 0.05) is 12.1 Å². The molecule has 0 spiro atoms. The molecule has 1 heterocycles. The number of hydrogen-bond acceptors (Lipinski definition) is 5. The lowest BCUT2D eigenvalue weighted by molar-refractivity contribution is -0.169. The van der Waals surface area contributed by atoms with Gasteiger partial charge in [0.25, 0.3) is 0 Å². The quantitative estimate of drug-likeness (QED) is 0.857. The fraction of sp³-hybridized carbons (Fsp3) is 0.500. The smallest absolute Gasteiger partial charge is 0.314 e. The summed E-state index contributed by atoms with van der Waals surface area (Å²) in [5, 5.41) is 3.36. The highest BCUT2D eigenvalue weighted by molar-refractivity contribution is 5.79. The Labute approximate surface area is 124 Å². The summed E-state index contributed by atoms with van der Waals surface area (Å²) < 4.78 is 10.0. The van der Waals surface area contributed by atoms with Crippen molar-refractivity contribution in [2.24, 2.45) is 5.92 Å². The molecule has 0 aromatic heterocycles. The molecule has 1 aliphatic rings. The minimum absolute atomic E-state index is 0.0291. The predicted octanol–water partition coefficient (Wildman–Crippen LogP) is 1.83. The molecule has 0 unspecified atom stereocenters. The molecule has 4 atom stereocenters. The second-order valence-corrected chi connectivity index (χ2v) is 5.35. The molecule has 0 aliphatic carbocycles. The average molecular weight is 291 g/mol. The molecular formula is C16H21NO4. The van der Waals surface area contributed by atoms with Crippen LogP contribution < -0.4 is 5.32 Å². The van der Waals surface area contributed by atoms with E-state index < -0.39 is 12.0 Å². The minimum atomic E-state index is -0.487. The Hall–Kier alpha value is -1.88. The standard InChI is InChI=1S/C16H21NO4/c1-10(12-7-5-4-6-8-12)17-13-9-14(18)21-11(2)15(13)16(19)20-3/h4-8,10-11,13,15,17H,9H2,1-3H3/t10-,11-,13+,15+/m1/s1. The maximum absolute atomic E-state index is 12.0. The van der Waals surface area contributed by atoms with Gasteiger partial charge in [-0.1, -0.05) is 30.3 Å². The van der Waals surface area contributed by atoms with Crippen LogP contribution in [0.3, 0.4) is 0 Å². The number of methoxy groups -OCH3 is 1. The van der Waals surface area contributed by atoms with Crippen molar-refractivity contribution in [3.8, 4) is 0 Å². The molecule has 5 heteroatoms. The monoisotopic (exact) mass is 291 g/mol. The molecule has 1 fully saturated rings. The van der Waals surface area contributed by atoms with Crippen molar-refractivity contribution in [1.82, 2.24) is 5.32 Å². The molecule has 21 heavy (non-hydrogen) atoms. The minimum Gasteiger partial charge on any atom is -0.469 e. The van der Waals surface area contributed by atoms with Crippen LogP contribution in [0.2, 0.25) is 0 Å². The first-order valence-electron chi connectivity index (χ1n) is 7.11. The number of carbonyl (C=O) groups is 2. The highest BCUT2D eigenvalue weighted by atomic mass is 16.6. The van der Waals surface area contributed by atoms with E-state index in [9.17, 15) is 9.59 Å². The summed E-state index contributed by atoms with van der Waals surface area (Å²) in [4.78, 5) is 23.6. The second-order valence-electron chi connectivity index (χ2n) is 5.35. The van der Waals surface area contributed by atoms with E-state index in [0.29, 0.717) is 0 Å². The molecule has 0 radical (unpaired) electrons. The predicted molar refractivity (Wildman–Crippen MR) is 77.5 cm³/mol. The molecule has 0 bridgehead atoms. The largest absolute Gasteiger partial charge is 0.469 e. The molecule has 114 valence electrons. The first kappa shape index (κ1) is 15.5. The zero-order valence-corrected chi connectivity index (χ0v) is 12.5. The molecule has 1 N–H and O–H groups in total. The summed E-state index contributed by atoms with van der Waals surface area (Å²) in [7, 11) is 1.35. The Morgan fingerprint density at radius 3 is 2.67 bits per heavy atom. The highest BCUT2D eigenvalue weighted by Gasteiger charge is 2.42. The van der Waals surface area contributed by atoms with Crippen molar-refractivity contribution in [3.63, 3.8) is 0 Å². The van der Waals surface area contributed by atoms with Crippen LogP contribution in [0.15, 0.2) is 30.3 Å². The molecule has 5 nitrogen and oxygen atoms in total. The van der Waals surface area contributed by atoms with Crippen LogP contribution in [-0.2, 0) is 19.1 Å². The van der Waals surface area contributed by atoms with Crippen LogP contribution >= 0.6 is 0 Å². The lowest BCUT2D eigenvalue weighted by Gasteiger charge is -2.36. The summed E-state index contributed by atoms with van der Waals surface area (Å²) in [6, 6.07) is 9.63. The van der Waals surface area contributed by atoms with E-state index in [1.165, 1.54) is 7.11 Å². The second kappa shape index (κ2) is 6.72. The van der Waals surface area contributed by atoms with Gasteiger partial charge in [0.05, 0.1) is 13.5 Å². The van der Waals surface area contributed by atoms with E-state index in [-0.39, 0.29) is 30.4 Å². The zero-order valence-electron chi connectivity index (χ0n) is 12.5. The van der Waals surface area contributed by atoms with Crippen LogP contribution in [0.5, 0.6) is 0 Å². The summed E-state index contributed by atoms with van der Waals surface area (Å²) in [5.74, 6) is -1.13. The molecule has 0 amide bonds. The Bertz CT molecular complexity index is 502. The number of carbonyl (C=O) groups excluding carboxylic acids is 2. The fourth-order valence-electron chi connectivity index (χ4n) is 2.78. The van der Waals surface area contributed by atoms with Crippen molar-refractivity contribution in [1.29, 1.82) is 0 Å². The van der Waals surface area contributed by atoms with Crippen molar-refractivity contribution in [2.45, 2.75) is 38.5 Å². The first-order chi connectivity index (χ1) is 10.0. The van der Waals surface area contributed by atoms with E-state index in [1.807, 2.05) is 37.3 Å². The van der Waals surface area contributed by atoms with E-state index in [0.717, 1.165) is 5.56 Å². The third-order valence-electron chi connectivity index (χ3n) is 3.88. The third kappa shape index (κ3) is 3.61. The summed E-state index contributed by atoms with van der Waals surface area (Å²) >= 11 is 0. The van der Waals surface area contributed by atoms with Gasteiger partial charge in [0.1, 0.15) is 12.0 Å². The molecular weight excluding hydrogens is 270 g/mol. The van der Waals surface area contributed by atoms with Gasteiger partial charge < -0.3 is 14.8 Å². The van der Waals surface area contributed by atoms with Crippen LogP contribution in [0.25, 0.3) is 0 Å². The molecule has 1 aromatic rings. The van der Waals surface area contributed by atoms with Crippen molar-refractivity contribution in [3.05, 3.63) is 35.9 Å². The van der Waals surface area contributed by atoms with Gasteiger partial charge in [0.2, 0.25) is 0 Å². The number of esters is 2. The van der Waals surface area contributed by atoms with Gasteiger partial charge in [-0.3, -0.25) is 9.59 Å². The summed E-state index contributed by atoms with van der Waals surface area (Å²) in [5.41, 5.74) is 1.10. The number of nitrogens with one attached hydrogen (secondary N) is 1. The van der Waals surface area contributed by atoms with E-state index >= 15 is 0 Å². The fourth-order valence-corrected chi connectivity index (χ4v) is 2.78. The van der Waals surface area contributed by atoms with Crippen LogP contribution in [-0.4, -0.2) is 31.2 Å². The Morgan fingerprint density at radius 2 is 2.05 bits per heavy atom. The summed E-state index contributed by atoms with van der Waals surface area (Å²) in [6.07, 6.45) is -0.319. The SMILES string of the molecule is COC(=O)[C@@H]1[C@@H](N[C@H](C)c2ccccc2)CC(=O)O[C@@H]1C. The molecule has 2 rings (SSSR count). The van der Waals surface area contributed by atoms with Gasteiger partial charge in [-0.25, -0.2) is 0 Å². The van der Waals surface area contributed by atoms with Crippen molar-refractivity contribution < 1.29 is 19.1 Å². The Balaban J connectivity index is 2.14. The van der Waals surface area contributed by atoms with Crippen molar-refractivity contribution in [2.75, 3.05) is 7.11 Å². The molecule has 0 saturated carbocycles. The topological polar surface area (TPSA) is 64.6 Å². The first-order valence-corrected chi connectivity index (χ1v) is 7.11. The van der Waals surface area contributed by atoms with E-state index in [4.69, 9.17) is 9.47 Å². The lowest BCUT2D eigenvalue weighted by Crippen LogP contribution is -2.52. The number of benzene rings is 1. The summed E-state index contributed by atoms with van der Waals surface area (Å²) in [6.45, 7) is 3.73. The highest BCUT2D eigenvalue weighted by Crippen LogP contribution is 2.26. The van der Waals surface area contributed by atoms with E-state index in [1.54, 1.807) is 6.92 Å². The van der Waals surface area contributed by atoms with Gasteiger partial charge >= 0.3 is 11.9 Å². The maximum Gasteiger partial charge on any atom is 0.314 e. The number of rotatable bonds is 4. The van der Waals surface area contributed by atoms with Gasteiger partial charge in [0.15, 0.2) is 0 Å². The molecule has 1 saturated heterocycles. The number of cyclic esters (lactones) is 1. The van der Waals surface area contributed by atoms with Crippen LogP contribution in [0.1, 0.15) is 31.9 Å². The third-order valence-corrected chi connectivity index (χ3v) is 3.88. The zero-order chi connectivity index (χ0) is 15.4. The van der Waals surface area contributed by atoms with Gasteiger partial charge in [-0.2, -0.15) is 0 Å². The van der Waals surface area contributed by atoms with Gasteiger partial charge in [-0.05, 0) is 19.4 Å². The lowest BCUT2D eigenvalue weighted by atomic mass is 9.88. The number of hydrogen-bond donors (Lipinski definition) is 1. The number of ether oxygens (including phenoxy) is 2. The average Bonchev–Trinajstić information content (AvgIpc) is 2.47. The molecule has 1 aliphatic heterocycles. The maximum atomic E-state index is 12.0. The normalized spacial score (nSPS) is 26.8. The van der Waals surface area contributed by atoms with Gasteiger partial charge in [-0.15, -0.1) is 0 Å².